The van der Waals surface area contributed by atoms with Crippen molar-refractivity contribution in [3.05, 3.63) is 156 Å². The third kappa shape index (κ3) is 6.76. The third-order valence-electron chi connectivity index (χ3n) is 8.37. The molecule has 2 N–H and O–H groups in total. The van der Waals surface area contributed by atoms with E-state index >= 15 is 0 Å². The van der Waals surface area contributed by atoms with E-state index in [1.165, 1.54) is 62.9 Å². The van der Waals surface area contributed by atoms with E-state index in [4.69, 9.17) is 0 Å². The number of benzene rings is 6. The molecule has 0 atom stereocenters. The van der Waals surface area contributed by atoms with Crippen molar-refractivity contribution in [2.45, 2.75) is 40.0 Å². The Kier molecular flexibility index (Phi) is 8.89. The van der Waals surface area contributed by atoms with Gasteiger partial charge in [-0.05, 0) is 113 Å². The minimum absolute atomic E-state index is 1.09. The van der Waals surface area contributed by atoms with Crippen molar-refractivity contribution in [3.63, 3.8) is 0 Å². The Hall–Kier alpha value is -5.08. The topological polar surface area (TPSA) is 24.1 Å². The highest BCUT2D eigenvalue weighted by Crippen LogP contribution is 2.37. The molecule has 0 bridgehead atoms. The lowest BCUT2D eigenvalue weighted by Crippen LogP contribution is -1.95. The van der Waals surface area contributed by atoms with Gasteiger partial charge in [0, 0.05) is 22.7 Å². The highest BCUT2D eigenvalue weighted by atomic mass is 14.9. The van der Waals surface area contributed by atoms with Crippen LogP contribution in [0.5, 0.6) is 0 Å². The molecule has 2 heteroatoms. The summed E-state index contributed by atoms with van der Waals surface area (Å²) in [6.45, 7) is 6.51. The Morgan fingerprint density at radius 3 is 1.52 bits per heavy atom. The number of hydrogen-bond acceptors (Lipinski definition) is 2. The van der Waals surface area contributed by atoms with Gasteiger partial charge in [0.25, 0.3) is 0 Å². The van der Waals surface area contributed by atoms with E-state index in [2.05, 4.69) is 171 Å². The van der Waals surface area contributed by atoms with Crippen molar-refractivity contribution in [2.75, 3.05) is 10.6 Å². The number of rotatable bonds is 10. The van der Waals surface area contributed by atoms with Crippen molar-refractivity contribution in [3.8, 4) is 33.4 Å². The normalized spacial score (nSPS) is 10.9. The van der Waals surface area contributed by atoms with Gasteiger partial charge >= 0.3 is 0 Å². The molecule has 0 aliphatic heterocycles. The predicted octanol–water partition coefficient (Wildman–Crippen LogP) is 12.1. The molecular weight excluding hydrogens is 532 g/mol. The first kappa shape index (κ1) is 29.0. The van der Waals surface area contributed by atoms with E-state index in [1.807, 2.05) is 0 Å². The van der Waals surface area contributed by atoms with E-state index in [0.717, 1.165) is 29.2 Å². The van der Waals surface area contributed by atoms with Crippen LogP contribution in [0.4, 0.5) is 22.7 Å². The minimum Gasteiger partial charge on any atom is -0.355 e. The van der Waals surface area contributed by atoms with Gasteiger partial charge in [-0.3, -0.25) is 0 Å². The van der Waals surface area contributed by atoms with Gasteiger partial charge in [0.15, 0.2) is 0 Å². The van der Waals surface area contributed by atoms with Gasteiger partial charge in [0.1, 0.15) is 0 Å². The molecule has 0 heterocycles. The summed E-state index contributed by atoms with van der Waals surface area (Å²) in [6, 6.07) is 50.3. The molecule has 0 saturated carbocycles. The Bertz CT molecular complexity index is 1830. The Labute approximate surface area is 262 Å². The van der Waals surface area contributed by atoms with Gasteiger partial charge in [0.2, 0.25) is 0 Å². The van der Waals surface area contributed by atoms with Crippen LogP contribution in [-0.4, -0.2) is 0 Å². The molecule has 0 aromatic heterocycles. The van der Waals surface area contributed by atoms with Crippen molar-refractivity contribution in [1.29, 1.82) is 0 Å². The molecule has 0 aliphatic carbocycles. The zero-order chi connectivity index (χ0) is 30.3. The van der Waals surface area contributed by atoms with Crippen LogP contribution in [-0.2, 0) is 6.42 Å². The molecule has 0 spiro atoms. The van der Waals surface area contributed by atoms with E-state index < -0.39 is 0 Å². The average molecular weight is 573 g/mol. The first-order valence-electron chi connectivity index (χ1n) is 15.7. The van der Waals surface area contributed by atoms with E-state index in [-0.39, 0.29) is 0 Å². The lowest BCUT2D eigenvalue weighted by atomic mass is 9.92. The maximum atomic E-state index is 3.65. The van der Waals surface area contributed by atoms with Gasteiger partial charge in [0.05, 0.1) is 0 Å². The first-order chi connectivity index (χ1) is 21.6. The highest BCUT2D eigenvalue weighted by Gasteiger charge is 2.11. The molecule has 44 heavy (non-hydrogen) atoms. The van der Waals surface area contributed by atoms with Crippen molar-refractivity contribution in [1.82, 2.24) is 0 Å². The van der Waals surface area contributed by atoms with Gasteiger partial charge in [-0.15, -0.1) is 0 Å². The van der Waals surface area contributed by atoms with E-state index in [1.54, 1.807) is 0 Å². The smallest absolute Gasteiger partial charge is 0.0413 e. The number of hydrogen-bond donors (Lipinski definition) is 2. The SMILES string of the molecule is CCCCc1ccc(-c2cc(Nc3ccccc3C)ccc2-c2ccc(-c3ccc(Nc4ccccc4C)cc3)cc2)cc1. The van der Waals surface area contributed by atoms with Crippen LogP contribution in [0.15, 0.2) is 140 Å². The summed E-state index contributed by atoms with van der Waals surface area (Å²) in [4.78, 5) is 0. The highest BCUT2D eigenvalue weighted by molar-refractivity contribution is 5.87. The first-order valence-corrected chi connectivity index (χ1v) is 15.7. The van der Waals surface area contributed by atoms with E-state index in [9.17, 15) is 0 Å². The maximum Gasteiger partial charge on any atom is 0.0413 e. The van der Waals surface area contributed by atoms with Crippen LogP contribution in [0.2, 0.25) is 0 Å². The lowest BCUT2D eigenvalue weighted by molar-refractivity contribution is 0.795. The minimum atomic E-state index is 1.09. The largest absolute Gasteiger partial charge is 0.355 e. The fourth-order valence-corrected chi connectivity index (χ4v) is 5.67. The van der Waals surface area contributed by atoms with Crippen LogP contribution in [0.1, 0.15) is 36.5 Å². The Morgan fingerprint density at radius 2 is 0.932 bits per heavy atom. The molecule has 0 aliphatic rings. The van der Waals surface area contributed by atoms with Gasteiger partial charge in [-0.1, -0.05) is 116 Å². The molecule has 6 aromatic carbocycles. The van der Waals surface area contributed by atoms with Crippen molar-refractivity contribution >= 4 is 22.7 Å². The molecule has 0 amide bonds. The fraction of sp³-hybridized carbons (Fsp3) is 0.143. The number of anilines is 4. The van der Waals surface area contributed by atoms with Crippen LogP contribution in [0, 0.1) is 13.8 Å². The summed E-state index contributed by atoms with van der Waals surface area (Å²) in [5, 5.41) is 7.18. The average Bonchev–Trinajstić information content (AvgIpc) is 3.07. The summed E-state index contributed by atoms with van der Waals surface area (Å²) < 4.78 is 0. The molecule has 0 fully saturated rings. The number of nitrogens with one attached hydrogen (secondary N) is 2. The van der Waals surface area contributed by atoms with Crippen molar-refractivity contribution < 1.29 is 0 Å². The second-order valence-electron chi connectivity index (χ2n) is 11.6. The monoisotopic (exact) mass is 572 g/mol. The fourth-order valence-electron chi connectivity index (χ4n) is 5.67. The summed E-state index contributed by atoms with van der Waals surface area (Å²) in [5.41, 5.74) is 15.6. The second-order valence-corrected chi connectivity index (χ2v) is 11.6. The van der Waals surface area contributed by atoms with Crippen LogP contribution >= 0.6 is 0 Å². The maximum absolute atomic E-state index is 3.65. The number of aryl methyl sites for hydroxylation is 3. The number of unbranched alkanes of at least 4 members (excludes halogenated alkanes) is 1. The van der Waals surface area contributed by atoms with Gasteiger partial charge < -0.3 is 10.6 Å². The third-order valence-corrected chi connectivity index (χ3v) is 8.37. The van der Waals surface area contributed by atoms with Crippen LogP contribution < -0.4 is 10.6 Å². The number of para-hydroxylation sites is 2. The molecule has 6 rings (SSSR count). The molecule has 2 nitrogen and oxygen atoms in total. The molecule has 6 aromatic rings. The molecule has 218 valence electrons. The standard InChI is InChI=1S/C42H40N2/c1-4-5-12-32-15-17-36(18-16-32)40-29-38(44-42-14-9-7-11-31(42)3)27-28-39(40)35-21-19-33(20-22-35)34-23-25-37(26-24-34)43-41-13-8-6-10-30(41)2/h6-11,13-29,43-44H,4-5,12H2,1-3H3. The zero-order valence-electron chi connectivity index (χ0n) is 25.9. The van der Waals surface area contributed by atoms with Gasteiger partial charge in [-0.2, -0.15) is 0 Å². The summed E-state index contributed by atoms with van der Waals surface area (Å²) in [5.74, 6) is 0. The van der Waals surface area contributed by atoms with Gasteiger partial charge in [-0.25, -0.2) is 0 Å². The van der Waals surface area contributed by atoms with E-state index in [0.29, 0.717) is 0 Å². The lowest BCUT2D eigenvalue weighted by Gasteiger charge is -2.16. The summed E-state index contributed by atoms with van der Waals surface area (Å²) in [7, 11) is 0. The Morgan fingerprint density at radius 1 is 0.455 bits per heavy atom. The molecule has 0 unspecified atom stereocenters. The summed E-state index contributed by atoms with van der Waals surface area (Å²) >= 11 is 0. The summed E-state index contributed by atoms with van der Waals surface area (Å²) in [6.07, 6.45) is 3.56. The second kappa shape index (κ2) is 13.5. The zero-order valence-corrected chi connectivity index (χ0v) is 25.9. The molecule has 0 saturated heterocycles. The van der Waals surface area contributed by atoms with Crippen molar-refractivity contribution in [2.24, 2.45) is 0 Å². The quantitative estimate of drug-likeness (QED) is 0.171. The molecular formula is C42H40N2. The van der Waals surface area contributed by atoms with Crippen LogP contribution in [0.25, 0.3) is 33.4 Å². The predicted molar refractivity (Wildman–Crippen MR) is 190 cm³/mol. The van der Waals surface area contributed by atoms with Crippen LogP contribution in [0.3, 0.4) is 0 Å². The Balaban J connectivity index is 1.28. The molecule has 0 radical (unpaired) electrons.